The van der Waals surface area contributed by atoms with Crippen molar-refractivity contribution in [1.82, 2.24) is 14.6 Å². The van der Waals surface area contributed by atoms with E-state index in [1.807, 2.05) is 0 Å². The smallest absolute Gasteiger partial charge is 0.388 e. The van der Waals surface area contributed by atoms with Crippen LogP contribution in [0.25, 0.3) is 10.8 Å². The van der Waals surface area contributed by atoms with Crippen molar-refractivity contribution in [3.05, 3.63) is 30.2 Å². The molecule has 0 aliphatic carbocycles. The predicted octanol–water partition coefficient (Wildman–Crippen LogP) is 2.89. The maximum absolute atomic E-state index is 14.1. The SMILES string of the molecule is Fc1ccc(SN2CCNCC2)c2ccnc(OC(F)F)c12. The summed E-state index contributed by atoms with van der Waals surface area (Å²) >= 11 is 1.49. The number of rotatable bonds is 4. The Morgan fingerprint density at radius 3 is 2.73 bits per heavy atom. The Kier molecular flexibility index (Phi) is 4.70. The maximum Gasteiger partial charge on any atom is 0.388 e. The molecule has 0 radical (unpaired) electrons. The standard InChI is InChI=1S/C14H14F3N3OS/c15-10-1-2-11(22-20-7-5-18-6-8-20)9-3-4-19-13(12(9)10)21-14(16)17/h1-4,14,18H,5-8H2. The Morgan fingerprint density at radius 1 is 1.23 bits per heavy atom. The number of aromatic nitrogens is 1. The van der Waals surface area contributed by atoms with E-state index in [4.69, 9.17) is 0 Å². The molecule has 0 saturated carbocycles. The third kappa shape index (κ3) is 3.29. The zero-order chi connectivity index (χ0) is 15.5. The average Bonchev–Trinajstić information content (AvgIpc) is 2.51. The number of ether oxygens (including phenoxy) is 1. The number of alkyl halides is 2. The van der Waals surface area contributed by atoms with E-state index in [1.165, 1.54) is 24.2 Å². The molecule has 1 aromatic heterocycles. The van der Waals surface area contributed by atoms with Gasteiger partial charge in [0.1, 0.15) is 5.82 Å². The molecule has 0 atom stereocenters. The van der Waals surface area contributed by atoms with E-state index >= 15 is 0 Å². The van der Waals surface area contributed by atoms with E-state index in [0.29, 0.717) is 5.39 Å². The van der Waals surface area contributed by atoms with Crippen LogP contribution >= 0.6 is 11.9 Å². The highest BCUT2D eigenvalue weighted by molar-refractivity contribution is 7.97. The molecule has 22 heavy (non-hydrogen) atoms. The first-order valence-corrected chi connectivity index (χ1v) is 7.58. The first-order valence-electron chi connectivity index (χ1n) is 6.81. The molecule has 0 amide bonds. The molecule has 0 spiro atoms. The van der Waals surface area contributed by atoms with Crippen molar-refractivity contribution in [3.63, 3.8) is 0 Å². The van der Waals surface area contributed by atoms with Crippen molar-refractivity contribution in [2.75, 3.05) is 26.2 Å². The fraction of sp³-hybridized carbons (Fsp3) is 0.357. The maximum atomic E-state index is 14.1. The summed E-state index contributed by atoms with van der Waals surface area (Å²) in [5.74, 6) is -1.00. The van der Waals surface area contributed by atoms with E-state index in [1.54, 1.807) is 12.1 Å². The largest absolute Gasteiger partial charge is 0.416 e. The zero-order valence-electron chi connectivity index (χ0n) is 11.6. The fourth-order valence-corrected chi connectivity index (χ4v) is 3.37. The molecule has 8 heteroatoms. The molecule has 1 aliphatic rings. The van der Waals surface area contributed by atoms with Crippen LogP contribution in [0.15, 0.2) is 29.3 Å². The minimum atomic E-state index is -3.04. The van der Waals surface area contributed by atoms with Gasteiger partial charge in [-0.2, -0.15) is 8.78 Å². The summed E-state index contributed by atoms with van der Waals surface area (Å²) in [5.41, 5.74) is 0. The molecule has 118 valence electrons. The zero-order valence-corrected chi connectivity index (χ0v) is 12.4. The number of nitrogens with zero attached hydrogens (tertiary/aromatic N) is 2. The second-order valence-corrected chi connectivity index (χ2v) is 5.87. The van der Waals surface area contributed by atoms with Crippen LogP contribution in [0.1, 0.15) is 0 Å². The number of halogens is 3. The van der Waals surface area contributed by atoms with Crippen molar-refractivity contribution in [1.29, 1.82) is 0 Å². The number of hydrogen-bond acceptors (Lipinski definition) is 5. The minimum absolute atomic E-state index is 0.0112. The second kappa shape index (κ2) is 6.72. The van der Waals surface area contributed by atoms with Crippen LogP contribution in [0.5, 0.6) is 5.88 Å². The van der Waals surface area contributed by atoms with Crippen molar-refractivity contribution >= 4 is 22.7 Å². The molecule has 0 unspecified atom stereocenters. The Hall–Kier alpha value is -1.51. The van der Waals surface area contributed by atoms with Gasteiger partial charge in [-0.3, -0.25) is 0 Å². The van der Waals surface area contributed by atoms with Crippen LogP contribution in [-0.4, -0.2) is 42.1 Å². The second-order valence-electron chi connectivity index (χ2n) is 4.73. The van der Waals surface area contributed by atoms with E-state index in [2.05, 4.69) is 19.3 Å². The van der Waals surface area contributed by atoms with Gasteiger partial charge < -0.3 is 10.1 Å². The molecular formula is C14H14F3N3OS. The summed E-state index contributed by atoms with van der Waals surface area (Å²) < 4.78 is 45.4. The van der Waals surface area contributed by atoms with Crippen LogP contribution in [0.3, 0.4) is 0 Å². The molecule has 1 aromatic carbocycles. The molecule has 3 rings (SSSR count). The molecule has 1 N–H and O–H groups in total. The number of nitrogens with one attached hydrogen (secondary N) is 1. The lowest BCUT2D eigenvalue weighted by Crippen LogP contribution is -2.39. The van der Waals surface area contributed by atoms with Gasteiger partial charge in [0.15, 0.2) is 0 Å². The summed E-state index contributed by atoms with van der Waals surface area (Å²) in [4.78, 5) is 4.51. The predicted molar refractivity (Wildman–Crippen MR) is 78.6 cm³/mol. The number of piperazine rings is 1. The van der Waals surface area contributed by atoms with Crippen molar-refractivity contribution in [2.45, 2.75) is 11.5 Å². The topological polar surface area (TPSA) is 37.4 Å². The lowest BCUT2D eigenvalue weighted by atomic mass is 10.1. The van der Waals surface area contributed by atoms with Crippen molar-refractivity contribution < 1.29 is 17.9 Å². The average molecular weight is 329 g/mol. The normalized spacial score (nSPS) is 16.4. The lowest BCUT2D eigenvalue weighted by Gasteiger charge is -2.26. The van der Waals surface area contributed by atoms with Gasteiger partial charge >= 0.3 is 6.61 Å². The number of hydrogen-bond donors (Lipinski definition) is 1. The van der Waals surface area contributed by atoms with Gasteiger partial charge in [-0.25, -0.2) is 13.7 Å². The highest BCUT2D eigenvalue weighted by Gasteiger charge is 2.18. The van der Waals surface area contributed by atoms with Gasteiger partial charge in [-0.1, -0.05) is 0 Å². The van der Waals surface area contributed by atoms with Crippen LogP contribution in [0.2, 0.25) is 0 Å². The summed E-state index contributed by atoms with van der Waals surface area (Å²) in [6.07, 6.45) is 1.35. The first kappa shape index (κ1) is 15.4. The van der Waals surface area contributed by atoms with Gasteiger partial charge in [0.2, 0.25) is 5.88 Å². The molecule has 1 fully saturated rings. The van der Waals surface area contributed by atoms with Crippen molar-refractivity contribution in [2.24, 2.45) is 0 Å². The van der Waals surface area contributed by atoms with Gasteiger partial charge in [-0.05, 0) is 30.1 Å². The first-order chi connectivity index (χ1) is 10.6. The summed E-state index contributed by atoms with van der Waals surface area (Å²) in [6.45, 7) is 0.437. The highest BCUT2D eigenvalue weighted by atomic mass is 32.2. The van der Waals surface area contributed by atoms with Gasteiger partial charge in [0, 0.05) is 42.7 Å². The van der Waals surface area contributed by atoms with Crippen LogP contribution in [-0.2, 0) is 0 Å². The third-order valence-electron chi connectivity index (χ3n) is 3.31. The lowest BCUT2D eigenvalue weighted by molar-refractivity contribution is -0.0518. The van der Waals surface area contributed by atoms with Gasteiger partial charge in [0.05, 0.1) is 5.39 Å². The van der Waals surface area contributed by atoms with Crippen molar-refractivity contribution in [3.8, 4) is 5.88 Å². The fourth-order valence-electron chi connectivity index (χ4n) is 2.33. The van der Waals surface area contributed by atoms with Gasteiger partial charge in [0.25, 0.3) is 0 Å². The Labute approximate surface area is 129 Å². The molecule has 2 heterocycles. The minimum Gasteiger partial charge on any atom is -0.416 e. The summed E-state index contributed by atoms with van der Waals surface area (Å²) in [7, 11) is 0. The summed E-state index contributed by atoms with van der Waals surface area (Å²) in [6, 6.07) is 4.52. The summed E-state index contributed by atoms with van der Waals surface area (Å²) in [5, 5.41) is 3.76. The number of fused-ring (bicyclic) bond motifs is 1. The van der Waals surface area contributed by atoms with E-state index < -0.39 is 12.4 Å². The van der Waals surface area contributed by atoms with Gasteiger partial charge in [-0.15, -0.1) is 0 Å². The molecule has 4 nitrogen and oxygen atoms in total. The molecule has 2 aromatic rings. The van der Waals surface area contributed by atoms with E-state index in [-0.39, 0.29) is 11.3 Å². The Balaban J connectivity index is 1.99. The molecule has 1 aliphatic heterocycles. The van der Waals surface area contributed by atoms with E-state index in [9.17, 15) is 13.2 Å². The third-order valence-corrected chi connectivity index (χ3v) is 4.48. The Bertz CT molecular complexity index is 665. The quantitative estimate of drug-likeness (QED) is 0.873. The highest BCUT2D eigenvalue weighted by Crippen LogP contribution is 2.35. The number of pyridine rings is 1. The molecular weight excluding hydrogens is 315 g/mol. The van der Waals surface area contributed by atoms with Crippen LogP contribution in [0, 0.1) is 5.82 Å². The van der Waals surface area contributed by atoms with Crippen LogP contribution < -0.4 is 10.1 Å². The van der Waals surface area contributed by atoms with E-state index in [0.717, 1.165) is 31.1 Å². The van der Waals surface area contributed by atoms with Crippen LogP contribution in [0.4, 0.5) is 13.2 Å². The monoisotopic (exact) mass is 329 g/mol. The molecule has 1 saturated heterocycles. The Morgan fingerprint density at radius 2 is 2.00 bits per heavy atom. The number of benzene rings is 1. The molecule has 0 bridgehead atoms.